The van der Waals surface area contributed by atoms with Crippen LogP contribution in [0.3, 0.4) is 0 Å². The van der Waals surface area contributed by atoms with Crippen LogP contribution in [0.4, 0.5) is 35.1 Å². The molecule has 0 heterocycles. The van der Waals surface area contributed by atoms with Crippen molar-refractivity contribution in [2.45, 2.75) is 16.3 Å². The highest BCUT2D eigenvalue weighted by Gasteiger charge is 2.54. The molecule has 0 aliphatic carbocycles. The molecule has 0 spiro atoms. The van der Waals surface area contributed by atoms with E-state index in [0.717, 1.165) is 0 Å². The van der Waals surface area contributed by atoms with Crippen LogP contribution in [0.5, 0.6) is 0 Å². The van der Waals surface area contributed by atoms with E-state index < -0.39 is 22.4 Å². The van der Waals surface area contributed by atoms with Crippen molar-refractivity contribution in [2.24, 2.45) is 0 Å². The zero-order valence-electron chi connectivity index (χ0n) is 6.19. The Hall–Kier alpha value is -0.0900. The van der Waals surface area contributed by atoms with Gasteiger partial charge in [0.15, 0.2) is 0 Å². The van der Waals surface area contributed by atoms with Gasteiger partial charge in [0.2, 0.25) is 3.92 Å². The standard InChI is InChI=1S/C3HF6I.C2H2F2/c4-2(5,6)1(10)3(7,8)9;1-2(3)4/h1H;1H2. The normalized spacial score (nSPS) is 12.1. The molecule has 9 heteroatoms. The van der Waals surface area contributed by atoms with Crippen LogP contribution in [0.15, 0.2) is 12.7 Å². The first-order chi connectivity index (χ1) is 5.89. The van der Waals surface area contributed by atoms with Gasteiger partial charge in [-0.2, -0.15) is 35.1 Å². The van der Waals surface area contributed by atoms with E-state index in [1.807, 2.05) is 0 Å². The molecular formula is C5H3F8I. The molecule has 0 aromatic rings. The fourth-order valence-electron chi connectivity index (χ4n) is 0.186. The largest absolute Gasteiger partial charge is 0.409 e. The van der Waals surface area contributed by atoms with Gasteiger partial charge in [0, 0.05) is 0 Å². The Morgan fingerprint density at radius 1 is 0.929 bits per heavy atom. The third-order valence-corrected chi connectivity index (χ3v) is 1.99. The topological polar surface area (TPSA) is 0 Å². The predicted molar refractivity (Wildman–Crippen MR) is 41.3 cm³/mol. The Kier molecular flexibility index (Phi) is 6.66. The molecule has 0 aromatic heterocycles. The lowest BCUT2D eigenvalue weighted by Gasteiger charge is -2.16. The van der Waals surface area contributed by atoms with Crippen LogP contribution in [-0.2, 0) is 0 Å². The van der Waals surface area contributed by atoms with Gasteiger partial charge in [-0.1, -0.05) is 22.6 Å². The molecule has 0 saturated carbocycles. The van der Waals surface area contributed by atoms with E-state index in [1.165, 1.54) is 0 Å². The van der Waals surface area contributed by atoms with Gasteiger partial charge in [-0.05, 0) is 6.58 Å². The van der Waals surface area contributed by atoms with Gasteiger partial charge in [-0.15, -0.1) is 0 Å². The first-order valence-electron chi connectivity index (χ1n) is 2.66. The maximum Gasteiger partial charge on any atom is 0.409 e. The number of rotatable bonds is 0. The zero-order valence-corrected chi connectivity index (χ0v) is 8.34. The summed E-state index contributed by atoms with van der Waals surface area (Å²) in [6.45, 7) is 2.22. The summed E-state index contributed by atoms with van der Waals surface area (Å²) in [5.74, 6) is 0. The maximum absolute atomic E-state index is 11.2. The van der Waals surface area contributed by atoms with Crippen LogP contribution in [-0.4, -0.2) is 16.3 Å². The van der Waals surface area contributed by atoms with Crippen LogP contribution in [0.25, 0.3) is 0 Å². The summed E-state index contributed by atoms with van der Waals surface area (Å²) in [6, 6.07) is 0. The highest BCUT2D eigenvalue weighted by atomic mass is 127. The first kappa shape index (κ1) is 16.3. The van der Waals surface area contributed by atoms with Crippen molar-refractivity contribution in [3.05, 3.63) is 12.7 Å². The smallest absolute Gasteiger partial charge is 0.174 e. The molecule has 14 heavy (non-hydrogen) atoms. The molecule has 0 aliphatic rings. The Balaban J connectivity index is 0. The Morgan fingerprint density at radius 2 is 1.07 bits per heavy atom. The number of hydrogen-bond acceptors (Lipinski definition) is 0. The van der Waals surface area contributed by atoms with Crippen LogP contribution in [0.2, 0.25) is 0 Å². The molecule has 0 nitrogen and oxygen atoms in total. The van der Waals surface area contributed by atoms with Crippen LogP contribution >= 0.6 is 22.6 Å². The second kappa shape index (κ2) is 5.71. The minimum Gasteiger partial charge on any atom is -0.174 e. The summed E-state index contributed by atoms with van der Waals surface area (Å²) < 4.78 is 84.3. The maximum atomic E-state index is 11.2. The van der Waals surface area contributed by atoms with E-state index in [2.05, 4.69) is 6.58 Å². The minimum atomic E-state index is -5.20. The summed E-state index contributed by atoms with van der Waals surface area (Å²) in [6.07, 6.45) is -12.2. The molecular weight excluding hydrogens is 339 g/mol. The fraction of sp³-hybridized carbons (Fsp3) is 0.600. The first-order valence-corrected chi connectivity index (χ1v) is 3.91. The molecule has 0 bridgehead atoms. The van der Waals surface area contributed by atoms with E-state index in [1.54, 1.807) is 0 Å². The quantitative estimate of drug-likeness (QED) is 0.350. The van der Waals surface area contributed by atoms with Crippen molar-refractivity contribution in [3.8, 4) is 0 Å². The average Bonchev–Trinajstić information content (AvgIpc) is 1.80. The van der Waals surface area contributed by atoms with E-state index in [0.29, 0.717) is 22.6 Å². The molecule has 0 radical (unpaired) electrons. The lowest BCUT2D eigenvalue weighted by Crippen LogP contribution is -2.36. The predicted octanol–water partition coefficient (Wildman–Crippen LogP) is 4.31. The van der Waals surface area contributed by atoms with Crippen LogP contribution in [0, 0.1) is 0 Å². The molecule has 0 saturated heterocycles. The van der Waals surface area contributed by atoms with Gasteiger partial charge in [0.25, 0.3) is 6.08 Å². The summed E-state index contributed by atoms with van der Waals surface area (Å²) >= 11 is 0.305. The fourth-order valence-corrected chi connectivity index (χ4v) is 0.186. The summed E-state index contributed by atoms with van der Waals surface area (Å²) in [7, 11) is 0. The van der Waals surface area contributed by atoms with E-state index in [9.17, 15) is 35.1 Å². The van der Waals surface area contributed by atoms with Crippen LogP contribution < -0.4 is 0 Å². The molecule has 0 rings (SSSR count). The number of alkyl halides is 7. The van der Waals surface area contributed by atoms with Crippen molar-refractivity contribution >= 4 is 22.6 Å². The molecule has 0 atom stereocenters. The monoisotopic (exact) mass is 342 g/mol. The van der Waals surface area contributed by atoms with Crippen molar-refractivity contribution in [1.82, 2.24) is 0 Å². The van der Waals surface area contributed by atoms with Gasteiger partial charge in [-0.25, -0.2) is 0 Å². The van der Waals surface area contributed by atoms with Gasteiger partial charge < -0.3 is 0 Å². The number of halogens is 9. The summed E-state index contributed by atoms with van der Waals surface area (Å²) in [5.41, 5.74) is 0. The molecule has 0 amide bonds. The van der Waals surface area contributed by atoms with Gasteiger partial charge in [0.05, 0.1) is 0 Å². The van der Waals surface area contributed by atoms with E-state index in [4.69, 9.17) is 0 Å². The van der Waals surface area contributed by atoms with Crippen molar-refractivity contribution in [3.63, 3.8) is 0 Å². The van der Waals surface area contributed by atoms with Crippen LogP contribution in [0.1, 0.15) is 0 Å². The van der Waals surface area contributed by atoms with Crippen molar-refractivity contribution in [1.29, 1.82) is 0 Å². The van der Waals surface area contributed by atoms with E-state index in [-0.39, 0.29) is 0 Å². The molecule has 86 valence electrons. The van der Waals surface area contributed by atoms with E-state index >= 15 is 0 Å². The highest BCUT2D eigenvalue weighted by Crippen LogP contribution is 2.38. The van der Waals surface area contributed by atoms with Crippen molar-refractivity contribution in [2.75, 3.05) is 0 Å². The molecule has 0 aromatic carbocycles. The SMILES string of the molecule is C=C(F)F.FC(F)(F)C(I)C(F)(F)F. The Morgan fingerprint density at radius 3 is 1.07 bits per heavy atom. The molecule has 0 N–H and O–H groups in total. The molecule has 0 aliphatic heterocycles. The lowest BCUT2D eigenvalue weighted by molar-refractivity contribution is -0.218. The minimum absolute atomic E-state index is 0.305. The third kappa shape index (κ3) is 9.99. The lowest BCUT2D eigenvalue weighted by atomic mass is 10.4. The Labute approximate surface area is 87.1 Å². The highest BCUT2D eigenvalue weighted by molar-refractivity contribution is 14.1. The summed E-state index contributed by atoms with van der Waals surface area (Å²) in [5, 5.41) is 0. The molecule has 0 unspecified atom stereocenters. The van der Waals surface area contributed by atoms with Crippen molar-refractivity contribution < 1.29 is 35.1 Å². The summed E-state index contributed by atoms with van der Waals surface area (Å²) in [4.78, 5) is 0. The van der Waals surface area contributed by atoms with Gasteiger partial charge >= 0.3 is 12.4 Å². The van der Waals surface area contributed by atoms with Gasteiger partial charge in [-0.3, -0.25) is 0 Å². The average molecular weight is 342 g/mol. The molecule has 0 fully saturated rings. The number of hydrogen-bond donors (Lipinski definition) is 0. The Bertz CT molecular complexity index is 161. The zero-order chi connectivity index (χ0) is 12.2. The van der Waals surface area contributed by atoms with Gasteiger partial charge in [0.1, 0.15) is 0 Å². The second-order valence-corrected chi connectivity index (χ2v) is 3.03. The third-order valence-electron chi connectivity index (χ3n) is 0.575. The second-order valence-electron chi connectivity index (χ2n) is 1.78.